The molecule has 0 aliphatic carbocycles. The predicted octanol–water partition coefficient (Wildman–Crippen LogP) is 2.69. The average Bonchev–Trinajstić information content (AvgIpc) is 2.65. The summed E-state index contributed by atoms with van der Waals surface area (Å²) < 4.78 is -0.0324. The first-order chi connectivity index (χ1) is 9.99. The summed E-state index contributed by atoms with van der Waals surface area (Å²) in [5, 5.41) is 3.62. The highest BCUT2D eigenvalue weighted by Crippen LogP contribution is 2.52. The van der Waals surface area contributed by atoms with Gasteiger partial charge in [-0.15, -0.1) is 11.8 Å². The van der Waals surface area contributed by atoms with Gasteiger partial charge in [-0.25, -0.2) is 0 Å². The number of nitrogens with zero attached hydrogens (tertiary/aromatic N) is 1. The number of hydrogen-bond donors (Lipinski definition) is 1. The molecule has 21 heavy (non-hydrogen) atoms. The van der Waals surface area contributed by atoms with Crippen molar-refractivity contribution >= 4 is 24.0 Å². The number of unbranched alkanes of at least 4 members (excludes halogenated alkanes) is 5. The number of carbonyl (C=O) groups is 2. The van der Waals surface area contributed by atoms with Gasteiger partial charge >= 0.3 is 0 Å². The molecule has 118 valence electrons. The number of β-lactam (4-membered cyclic amide) rings is 1. The normalized spacial score (nSPS) is 26.7. The summed E-state index contributed by atoms with van der Waals surface area (Å²) in [5.74, 6) is 0.175. The van der Waals surface area contributed by atoms with E-state index in [0.29, 0.717) is 6.42 Å². The number of carbonyl (C=O) groups excluding carboxylic acids is 2. The van der Waals surface area contributed by atoms with E-state index >= 15 is 0 Å². The smallest absolute Gasteiger partial charge is 0.247 e. The zero-order valence-electron chi connectivity index (χ0n) is 13.1. The first-order valence-electron chi connectivity index (χ1n) is 7.86. The van der Waals surface area contributed by atoms with Crippen LogP contribution in [-0.4, -0.2) is 39.8 Å². The molecule has 2 heterocycles. The summed E-state index contributed by atoms with van der Waals surface area (Å²) >= 11 is 1.82. The molecule has 0 aromatic heterocycles. The van der Waals surface area contributed by atoms with Crippen molar-refractivity contribution in [3.63, 3.8) is 0 Å². The molecular formula is C16H26N2O2S. The summed E-state index contributed by atoms with van der Waals surface area (Å²) in [4.78, 5) is 24.2. The Labute approximate surface area is 131 Å². The SMILES string of the molecule is C=C1N2C(=O)[C@@H](NCCCCCCCC=O)[C@H]2SC1(C)C. The van der Waals surface area contributed by atoms with Gasteiger partial charge in [-0.2, -0.15) is 0 Å². The second-order valence-corrected chi connectivity index (χ2v) is 8.07. The van der Waals surface area contributed by atoms with Crippen molar-refractivity contribution < 1.29 is 9.59 Å². The van der Waals surface area contributed by atoms with Crippen molar-refractivity contribution in [3.05, 3.63) is 12.3 Å². The number of nitrogens with one attached hydrogen (secondary N) is 1. The minimum absolute atomic E-state index is 0.0324. The van der Waals surface area contributed by atoms with Gasteiger partial charge in [0.05, 0.1) is 4.75 Å². The summed E-state index contributed by atoms with van der Waals surface area (Å²) in [7, 11) is 0. The lowest BCUT2D eigenvalue weighted by atomic mass is 10.0. The standard InChI is InChI=1S/C16H26N2O2S/c1-12-16(2,3)21-15-13(14(20)18(12)15)17-10-8-6-4-5-7-9-11-19/h11,13,15,17H,1,4-10H2,2-3H3/t13-,15-/m1/s1. The van der Waals surface area contributed by atoms with Gasteiger partial charge in [0.25, 0.3) is 0 Å². The van der Waals surface area contributed by atoms with Crippen LogP contribution in [0.1, 0.15) is 52.4 Å². The summed E-state index contributed by atoms with van der Waals surface area (Å²) in [6.45, 7) is 9.20. The molecule has 0 spiro atoms. The topological polar surface area (TPSA) is 49.4 Å². The molecule has 2 saturated heterocycles. The molecule has 0 unspecified atom stereocenters. The Kier molecular flexibility index (Phi) is 5.49. The Morgan fingerprint density at radius 2 is 1.95 bits per heavy atom. The Morgan fingerprint density at radius 3 is 2.67 bits per heavy atom. The molecule has 1 N–H and O–H groups in total. The third-order valence-corrected chi connectivity index (χ3v) is 5.86. The lowest BCUT2D eigenvalue weighted by Crippen LogP contribution is -2.65. The molecule has 0 aromatic carbocycles. The van der Waals surface area contributed by atoms with E-state index in [1.807, 2.05) is 16.7 Å². The van der Waals surface area contributed by atoms with Gasteiger partial charge < -0.3 is 10.1 Å². The zero-order valence-corrected chi connectivity index (χ0v) is 13.9. The maximum absolute atomic E-state index is 12.1. The van der Waals surface area contributed by atoms with Crippen molar-refractivity contribution in [2.75, 3.05) is 6.54 Å². The van der Waals surface area contributed by atoms with Gasteiger partial charge in [-0.05, 0) is 33.2 Å². The van der Waals surface area contributed by atoms with E-state index in [0.717, 1.165) is 44.2 Å². The van der Waals surface area contributed by atoms with E-state index in [1.165, 1.54) is 6.42 Å². The lowest BCUT2D eigenvalue weighted by molar-refractivity contribution is -0.142. The van der Waals surface area contributed by atoms with Gasteiger partial charge in [0.1, 0.15) is 17.7 Å². The fraction of sp³-hybridized carbons (Fsp3) is 0.750. The molecule has 4 nitrogen and oxygen atoms in total. The van der Waals surface area contributed by atoms with E-state index in [1.54, 1.807) is 0 Å². The molecule has 0 radical (unpaired) electrons. The van der Waals surface area contributed by atoms with Gasteiger partial charge in [-0.1, -0.05) is 25.8 Å². The fourth-order valence-electron chi connectivity index (χ4n) is 2.86. The molecule has 0 saturated carbocycles. The van der Waals surface area contributed by atoms with Crippen LogP contribution in [0.2, 0.25) is 0 Å². The Hall–Kier alpha value is -0.810. The van der Waals surface area contributed by atoms with Crippen LogP contribution in [0.25, 0.3) is 0 Å². The van der Waals surface area contributed by atoms with E-state index in [-0.39, 0.29) is 22.1 Å². The maximum Gasteiger partial charge on any atom is 0.247 e. The van der Waals surface area contributed by atoms with Crippen LogP contribution in [0.3, 0.4) is 0 Å². The lowest BCUT2D eigenvalue weighted by Gasteiger charge is -2.42. The van der Waals surface area contributed by atoms with Crippen molar-refractivity contribution in [1.82, 2.24) is 10.2 Å². The number of aldehydes is 1. The third kappa shape index (κ3) is 3.51. The maximum atomic E-state index is 12.1. The monoisotopic (exact) mass is 310 g/mol. The van der Waals surface area contributed by atoms with Crippen LogP contribution >= 0.6 is 11.8 Å². The van der Waals surface area contributed by atoms with Crippen LogP contribution < -0.4 is 5.32 Å². The number of hydrogen-bond acceptors (Lipinski definition) is 4. The number of thioether (sulfide) groups is 1. The van der Waals surface area contributed by atoms with Gasteiger partial charge in [0.2, 0.25) is 5.91 Å². The predicted molar refractivity (Wildman–Crippen MR) is 87.0 cm³/mol. The summed E-state index contributed by atoms with van der Waals surface area (Å²) in [6.07, 6.45) is 7.22. The Bertz CT molecular complexity index is 423. The van der Waals surface area contributed by atoms with Crippen LogP contribution in [0, 0.1) is 0 Å². The molecule has 5 heteroatoms. The molecular weight excluding hydrogens is 284 g/mol. The fourth-order valence-corrected chi connectivity index (χ4v) is 4.38. The van der Waals surface area contributed by atoms with Gasteiger partial charge in [0, 0.05) is 12.1 Å². The first-order valence-corrected chi connectivity index (χ1v) is 8.74. The molecule has 0 bridgehead atoms. The molecule has 1 amide bonds. The number of amides is 1. The van der Waals surface area contributed by atoms with Gasteiger partial charge in [0.15, 0.2) is 0 Å². The van der Waals surface area contributed by atoms with E-state index < -0.39 is 0 Å². The molecule has 2 rings (SSSR count). The Morgan fingerprint density at radius 1 is 1.29 bits per heavy atom. The molecule has 2 fully saturated rings. The van der Waals surface area contributed by atoms with Crippen LogP contribution in [0.15, 0.2) is 12.3 Å². The highest BCUT2D eigenvalue weighted by Gasteiger charge is 2.57. The molecule has 2 atom stereocenters. The second kappa shape index (κ2) is 6.97. The van der Waals surface area contributed by atoms with Crippen molar-refractivity contribution in [3.8, 4) is 0 Å². The highest BCUT2D eigenvalue weighted by atomic mass is 32.2. The molecule has 0 aromatic rings. The van der Waals surface area contributed by atoms with E-state index in [2.05, 4.69) is 25.7 Å². The molecule has 2 aliphatic rings. The van der Waals surface area contributed by atoms with Crippen LogP contribution in [-0.2, 0) is 9.59 Å². The largest absolute Gasteiger partial charge is 0.303 e. The number of rotatable bonds is 9. The van der Waals surface area contributed by atoms with Crippen molar-refractivity contribution in [2.24, 2.45) is 0 Å². The quantitative estimate of drug-likeness (QED) is 0.404. The molecule has 2 aliphatic heterocycles. The van der Waals surface area contributed by atoms with Gasteiger partial charge in [-0.3, -0.25) is 9.69 Å². The Balaban J connectivity index is 1.62. The number of fused-ring (bicyclic) bond motifs is 1. The first kappa shape index (κ1) is 16.6. The highest BCUT2D eigenvalue weighted by molar-refractivity contribution is 8.01. The summed E-state index contributed by atoms with van der Waals surface area (Å²) in [6, 6.07) is -0.0383. The van der Waals surface area contributed by atoms with E-state index in [9.17, 15) is 9.59 Å². The van der Waals surface area contributed by atoms with Crippen molar-refractivity contribution in [2.45, 2.75) is 68.5 Å². The zero-order chi connectivity index (χ0) is 15.5. The minimum Gasteiger partial charge on any atom is -0.303 e. The minimum atomic E-state index is -0.0383. The average molecular weight is 310 g/mol. The second-order valence-electron chi connectivity index (χ2n) is 6.33. The van der Waals surface area contributed by atoms with E-state index in [4.69, 9.17) is 0 Å². The van der Waals surface area contributed by atoms with Crippen molar-refractivity contribution in [1.29, 1.82) is 0 Å². The third-order valence-electron chi connectivity index (χ3n) is 4.31. The van der Waals surface area contributed by atoms with Crippen LogP contribution in [0.4, 0.5) is 0 Å². The summed E-state index contributed by atoms with van der Waals surface area (Å²) in [5.41, 5.74) is 0.940. The van der Waals surface area contributed by atoms with Crippen LogP contribution in [0.5, 0.6) is 0 Å².